The number of nitrogens with one attached hydrogen (secondary N) is 1. The lowest BCUT2D eigenvalue weighted by Crippen LogP contribution is -2.34. The van der Waals surface area contributed by atoms with E-state index in [0.717, 1.165) is 6.08 Å². The molecule has 1 aliphatic rings. The van der Waals surface area contributed by atoms with E-state index in [0.29, 0.717) is 0 Å². The van der Waals surface area contributed by atoms with E-state index in [2.05, 4.69) is 9.71 Å². The Morgan fingerprint density at radius 3 is 2.38 bits per heavy atom. The summed E-state index contributed by atoms with van der Waals surface area (Å²) in [6.45, 7) is 3.37. The number of carboxylic acids is 1. The van der Waals surface area contributed by atoms with Crippen molar-refractivity contribution >= 4 is 27.6 Å². The molecular formula is C8H10N2O5S. The minimum atomic E-state index is -4.23. The molecule has 0 aliphatic carbocycles. The molecular weight excluding hydrogens is 236 g/mol. The number of hydrogen-bond acceptors (Lipinski definition) is 4. The van der Waals surface area contributed by atoms with E-state index in [4.69, 9.17) is 5.11 Å². The van der Waals surface area contributed by atoms with Gasteiger partial charge >= 0.3 is 5.97 Å². The minimum absolute atomic E-state index is 0.194. The molecule has 1 amide bonds. The van der Waals surface area contributed by atoms with Crippen molar-refractivity contribution in [3.8, 4) is 0 Å². The molecule has 8 heteroatoms. The molecule has 0 aromatic rings. The number of amides is 1. The van der Waals surface area contributed by atoms with Gasteiger partial charge in [0.1, 0.15) is 5.71 Å². The second kappa shape index (κ2) is 4.05. The number of nitrogens with zero attached hydrogens (tertiary/aromatic N) is 1. The zero-order chi connectivity index (χ0) is 12.5. The van der Waals surface area contributed by atoms with Crippen molar-refractivity contribution in [1.29, 1.82) is 0 Å². The number of hydrogen-bond donors (Lipinski definition) is 2. The molecule has 7 nitrogen and oxygen atoms in total. The first kappa shape index (κ1) is 12.4. The van der Waals surface area contributed by atoms with Crippen LogP contribution in [0, 0.1) is 0 Å². The van der Waals surface area contributed by atoms with Crippen molar-refractivity contribution in [2.75, 3.05) is 0 Å². The number of carbonyl (C=O) groups is 2. The normalized spacial score (nSPS) is 17.9. The summed E-state index contributed by atoms with van der Waals surface area (Å²) >= 11 is 0. The van der Waals surface area contributed by atoms with Gasteiger partial charge in [0.05, 0.1) is 0 Å². The second-order valence-corrected chi connectivity index (χ2v) is 4.97. The monoisotopic (exact) mass is 246 g/mol. The largest absolute Gasteiger partial charge is 0.477 e. The maximum Gasteiger partial charge on any atom is 0.349 e. The van der Waals surface area contributed by atoms with E-state index in [1.165, 1.54) is 0 Å². The fourth-order valence-electron chi connectivity index (χ4n) is 1.02. The highest BCUT2D eigenvalue weighted by Crippen LogP contribution is 2.16. The second-order valence-electron chi connectivity index (χ2n) is 3.39. The van der Waals surface area contributed by atoms with E-state index in [9.17, 15) is 18.0 Å². The van der Waals surface area contributed by atoms with Crippen LogP contribution in [0.2, 0.25) is 0 Å². The molecule has 0 spiro atoms. The Bertz CT molecular complexity index is 501. The van der Waals surface area contributed by atoms with Crippen LogP contribution in [0.25, 0.3) is 0 Å². The quantitative estimate of drug-likeness (QED) is 0.681. The van der Waals surface area contributed by atoms with Crippen LogP contribution in [0.4, 0.5) is 0 Å². The number of aliphatic carboxylic acids is 1. The standard InChI is InChI=1S/C8H10N2O5S/c1-4(2)9-7(11)5-3-6(8(12)13)16(14,15)10-5/h3-4H,1-2H3,(H,9,11)(H,12,13). The summed E-state index contributed by atoms with van der Waals surface area (Å²) in [5, 5.41) is 11.0. The van der Waals surface area contributed by atoms with Gasteiger partial charge in [-0.15, -0.1) is 0 Å². The molecule has 1 aliphatic heterocycles. The molecule has 0 radical (unpaired) electrons. The van der Waals surface area contributed by atoms with Crippen LogP contribution < -0.4 is 5.32 Å². The molecule has 0 atom stereocenters. The third-order valence-electron chi connectivity index (χ3n) is 1.63. The van der Waals surface area contributed by atoms with Gasteiger partial charge in [0.2, 0.25) is 0 Å². The van der Waals surface area contributed by atoms with Gasteiger partial charge in [-0.3, -0.25) is 4.79 Å². The third kappa shape index (κ3) is 2.45. The number of carbonyl (C=O) groups excluding carboxylic acids is 1. The van der Waals surface area contributed by atoms with Crippen molar-refractivity contribution in [2.24, 2.45) is 4.40 Å². The van der Waals surface area contributed by atoms with Gasteiger partial charge in [-0.2, -0.15) is 12.8 Å². The maximum atomic E-state index is 11.4. The highest BCUT2D eigenvalue weighted by molar-refractivity contribution is 7.95. The fraction of sp³-hybridized carbons (Fsp3) is 0.375. The zero-order valence-corrected chi connectivity index (χ0v) is 9.41. The van der Waals surface area contributed by atoms with E-state index in [1.807, 2.05) is 0 Å². The van der Waals surface area contributed by atoms with E-state index >= 15 is 0 Å². The summed E-state index contributed by atoms with van der Waals surface area (Å²) in [5.74, 6) is -2.34. The first-order valence-electron chi connectivity index (χ1n) is 4.35. The van der Waals surface area contributed by atoms with Gasteiger partial charge in [-0.05, 0) is 19.9 Å². The molecule has 16 heavy (non-hydrogen) atoms. The lowest BCUT2D eigenvalue weighted by molar-refractivity contribution is -0.131. The molecule has 0 fully saturated rings. The molecule has 0 aromatic heterocycles. The van der Waals surface area contributed by atoms with Crippen molar-refractivity contribution in [3.05, 3.63) is 11.0 Å². The highest BCUT2D eigenvalue weighted by Gasteiger charge is 2.32. The maximum absolute atomic E-state index is 11.4. The topological polar surface area (TPSA) is 113 Å². The zero-order valence-electron chi connectivity index (χ0n) is 8.59. The Kier molecular flexibility index (Phi) is 3.13. The first-order chi connectivity index (χ1) is 7.24. The van der Waals surface area contributed by atoms with Gasteiger partial charge in [0, 0.05) is 6.04 Å². The molecule has 1 heterocycles. The molecule has 1 rings (SSSR count). The van der Waals surface area contributed by atoms with Crippen LogP contribution in [-0.2, 0) is 19.6 Å². The van der Waals surface area contributed by atoms with Crippen LogP contribution in [0.3, 0.4) is 0 Å². The van der Waals surface area contributed by atoms with Crippen LogP contribution >= 0.6 is 0 Å². The Hall–Kier alpha value is -1.70. The summed E-state index contributed by atoms with van der Waals surface area (Å²) in [6.07, 6.45) is 0.745. The predicted octanol–water partition coefficient (Wildman–Crippen LogP) is -0.736. The summed E-state index contributed by atoms with van der Waals surface area (Å²) in [7, 11) is -4.23. The minimum Gasteiger partial charge on any atom is -0.477 e. The highest BCUT2D eigenvalue weighted by atomic mass is 32.2. The Labute approximate surface area is 91.9 Å². The predicted molar refractivity (Wildman–Crippen MR) is 55.4 cm³/mol. The molecule has 2 N–H and O–H groups in total. The van der Waals surface area contributed by atoms with Crippen LogP contribution in [0.5, 0.6) is 0 Å². The molecule has 0 unspecified atom stereocenters. The Morgan fingerprint density at radius 2 is 2.00 bits per heavy atom. The van der Waals surface area contributed by atoms with Gasteiger partial charge in [-0.1, -0.05) is 0 Å². The van der Waals surface area contributed by atoms with Crippen LogP contribution in [0.1, 0.15) is 13.8 Å². The van der Waals surface area contributed by atoms with Crippen molar-refractivity contribution in [3.63, 3.8) is 0 Å². The van der Waals surface area contributed by atoms with Gasteiger partial charge in [0.25, 0.3) is 15.9 Å². The van der Waals surface area contributed by atoms with Crippen molar-refractivity contribution in [2.45, 2.75) is 19.9 Å². The lowest BCUT2D eigenvalue weighted by Gasteiger charge is -2.05. The number of rotatable bonds is 3. The van der Waals surface area contributed by atoms with Crippen molar-refractivity contribution in [1.82, 2.24) is 5.32 Å². The van der Waals surface area contributed by atoms with E-state index < -0.39 is 32.5 Å². The molecule has 0 bridgehead atoms. The summed E-state index contributed by atoms with van der Waals surface area (Å²) in [6, 6.07) is -0.194. The van der Waals surface area contributed by atoms with Crippen LogP contribution in [0.15, 0.2) is 15.4 Å². The Morgan fingerprint density at radius 1 is 1.44 bits per heavy atom. The lowest BCUT2D eigenvalue weighted by atomic mass is 10.3. The third-order valence-corrected chi connectivity index (χ3v) is 2.91. The van der Waals surface area contributed by atoms with Gasteiger partial charge in [-0.25, -0.2) is 4.79 Å². The smallest absolute Gasteiger partial charge is 0.349 e. The van der Waals surface area contributed by atoms with E-state index in [1.54, 1.807) is 13.8 Å². The first-order valence-corrected chi connectivity index (χ1v) is 5.79. The summed E-state index contributed by atoms with van der Waals surface area (Å²) in [5.41, 5.74) is -0.411. The van der Waals surface area contributed by atoms with Crippen LogP contribution in [-0.4, -0.2) is 37.2 Å². The molecule has 0 saturated carbocycles. The fourth-order valence-corrected chi connectivity index (χ4v) is 1.99. The number of sulfonamides is 1. The van der Waals surface area contributed by atoms with Crippen molar-refractivity contribution < 1.29 is 23.1 Å². The van der Waals surface area contributed by atoms with Gasteiger partial charge < -0.3 is 10.4 Å². The average Bonchev–Trinajstić information content (AvgIpc) is 2.40. The summed E-state index contributed by atoms with van der Waals surface area (Å²) in [4.78, 5) is 21.0. The summed E-state index contributed by atoms with van der Waals surface area (Å²) < 4.78 is 25.5. The van der Waals surface area contributed by atoms with Gasteiger partial charge in [0.15, 0.2) is 4.91 Å². The Balaban J connectivity index is 3.04. The SMILES string of the molecule is CC(C)NC(=O)C1=NS(=O)(=O)C(C(=O)O)=C1. The average molecular weight is 246 g/mol. The number of carboxylic acid groups (broad SMARTS) is 1. The van der Waals surface area contributed by atoms with E-state index in [-0.39, 0.29) is 6.04 Å². The molecule has 88 valence electrons. The molecule has 0 aromatic carbocycles. The molecule has 0 saturated heterocycles.